The third-order valence-corrected chi connectivity index (χ3v) is 8.73. The van der Waals surface area contributed by atoms with Crippen LogP contribution in [0.2, 0.25) is 0 Å². The molecule has 210 valence electrons. The van der Waals surface area contributed by atoms with E-state index in [0.29, 0.717) is 12.8 Å². The van der Waals surface area contributed by atoms with E-state index >= 15 is 0 Å². The Kier molecular flexibility index (Phi) is 7.21. The highest BCUT2D eigenvalue weighted by Crippen LogP contribution is 2.51. The van der Waals surface area contributed by atoms with Crippen molar-refractivity contribution in [2.24, 2.45) is 16.7 Å². The van der Waals surface area contributed by atoms with Crippen molar-refractivity contribution >= 4 is 23.6 Å². The van der Waals surface area contributed by atoms with Gasteiger partial charge in [-0.15, -0.1) is 0 Å². The van der Waals surface area contributed by atoms with Crippen molar-refractivity contribution in [3.63, 3.8) is 0 Å². The maximum Gasteiger partial charge on any atom is 0.471 e. The SMILES string of the molecule is CC(C)(C)C(NC(=O)C(F)(F)F)C(=O)N1CC2(CCC2)CC1C(=O)NC(C#N)CC1CCC2(CC2)NC1=O. The van der Waals surface area contributed by atoms with Gasteiger partial charge < -0.3 is 20.9 Å². The van der Waals surface area contributed by atoms with Gasteiger partial charge in [0.25, 0.3) is 0 Å². The smallest absolute Gasteiger partial charge is 0.350 e. The van der Waals surface area contributed by atoms with Gasteiger partial charge in [0.2, 0.25) is 17.7 Å². The number of alkyl halides is 3. The predicted molar refractivity (Wildman–Crippen MR) is 129 cm³/mol. The number of halogens is 3. The van der Waals surface area contributed by atoms with E-state index in [9.17, 15) is 37.6 Å². The molecule has 0 aromatic rings. The number of amides is 4. The van der Waals surface area contributed by atoms with Gasteiger partial charge in [-0.3, -0.25) is 19.2 Å². The molecule has 2 heterocycles. The van der Waals surface area contributed by atoms with E-state index in [1.54, 1.807) is 20.8 Å². The van der Waals surface area contributed by atoms with Crippen molar-refractivity contribution in [1.29, 1.82) is 5.26 Å². The Balaban J connectivity index is 1.48. The van der Waals surface area contributed by atoms with Gasteiger partial charge in [-0.25, -0.2) is 0 Å². The molecule has 0 aromatic carbocycles. The van der Waals surface area contributed by atoms with E-state index in [1.165, 1.54) is 4.90 Å². The zero-order valence-electron chi connectivity index (χ0n) is 22.0. The third kappa shape index (κ3) is 5.76. The highest BCUT2D eigenvalue weighted by molar-refractivity contribution is 5.94. The minimum Gasteiger partial charge on any atom is -0.350 e. The predicted octanol–water partition coefficient (Wildman–Crippen LogP) is 2.31. The van der Waals surface area contributed by atoms with Crippen LogP contribution in [0, 0.1) is 28.1 Å². The molecule has 4 amide bonds. The van der Waals surface area contributed by atoms with E-state index in [1.807, 2.05) is 11.4 Å². The summed E-state index contributed by atoms with van der Waals surface area (Å²) in [5, 5.41) is 17.3. The van der Waals surface area contributed by atoms with Crippen LogP contribution >= 0.6 is 0 Å². The molecule has 2 saturated carbocycles. The Bertz CT molecular complexity index is 1040. The van der Waals surface area contributed by atoms with Crippen molar-refractivity contribution in [3.05, 3.63) is 0 Å². The Morgan fingerprint density at radius 1 is 1.13 bits per heavy atom. The van der Waals surface area contributed by atoms with E-state index in [4.69, 9.17) is 0 Å². The number of piperidine rings is 1. The Hall–Kier alpha value is -2.84. The second kappa shape index (κ2) is 9.72. The van der Waals surface area contributed by atoms with Gasteiger partial charge in [-0.2, -0.15) is 18.4 Å². The molecular formula is C26H36F3N5O4. The summed E-state index contributed by atoms with van der Waals surface area (Å²) in [5.41, 5.74) is -1.46. The van der Waals surface area contributed by atoms with Crippen molar-refractivity contribution in [1.82, 2.24) is 20.9 Å². The van der Waals surface area contributed by atoms with Crippen molar-refractivity contribution in [2.45, 2.75) is 108 Å². The fourth-order valence-electron chi connectivity index (χ4n) is 6.04. The molecule has 0 aromatic heterocycles. The molecule has 0 radical (unpaired) electrons. The molecule has 4 fully saturated rings. The van der Waals surface area contributed by atoms with Crippen LogP contribution in [0.25, 0.3) is 0 Å². The second-order valence-electron chi connectivity index (χ2n) is 12.7. The number of rotatable bonds is 6. The van der Waals surface area contributed by atoms with E-state index in [-0.39, 0.29) is 29.8 Å². The van der Waals surface area contributed by atoms with Crippen molar-refractivity contribution < 1.29 is 32.3 Å². The molecule has 2 aliphatic heterocycles. The average molecular weight is 540 g/mol. The van der Waals surface area contributed by atoms with Crippen LogP contribution < -0.4 is 16.0 Å². The second-order valence-corrected chi connectivity index (χ2v) is 12.7. The fraction of sp³-hybridized carbons (Fsp3) is 0.808. The first kappa shape index (κ1) is 28.2. The lowest BCUT2D eigenvalue weighted by Gasteiger charge is -2.39. The highest BCUT2D eigenvalue weighted by atomic mass is 19.4. The molecule has 0 bridgehead atoms. The van der Waals surface area contributed by atoms with Gasteiger partial charge in [0.1, 0.15) is 18.1 Å². The molecule has 4 aliphatic rings. The fourth-order valence-corrected chi connectivity index (χ4v) is 6.04. The van der Waals surface area contributed by atoms with Crippen molar-refractivity contribution in [2.75, 3.05) is 6.54 Å². The maximum absolute atomic E-state index is 13.6. The molecule has 38 heavy (non-hydrogen) atoms. The number of nitrogens with zero attached hydrogens (tertiary/aromatic N) is 2. The summed E-state index contributed by atoms with van der Waals surface area (Å²) >= 11 is 0. The van der Waals surface area contributed by atoms with Crippen LogP contribution in [0.4, 0.5) is 13.2 Å². The topological polar surface area (TPSA) is 131 Å². The van der Waals surface area contributed by atoms with Crippen molar-refractivity contribution in [3.8, 4) is 6.07 Å². The first-order chi connectivity index (χ1) is 17.6. The molecule has 4 unspecified atom stereocenters. The van der Waals surface area contributed by atoms with Gasteiger partial charge in [0.15, 0.2) is 0 Å². The van der Waals surface area contributed by atoms with Crippen LogP contribution in [0.5, 0.6) is 0 Å². The minimum absolute atomic E-state index is 0.0914. The zero-order chi connectivity index (χ0) is 28.1. The van der Waals surface area contributed by atoms with Gasteiger partial charge in [0.05, 0.1) is 6.07 Å². The summed E-state index contributed by atoms with van der Waals surface area (Å²) in [7, 11) is 0. The Morgan fingerprint density at radius 2 is 1.79 bits per heavy atom. The summed E-state index contributed by atoms with van der Waals surface area (Å²) in [6.45, 7) is 4.83. The first-order valence-electron chi connectivity index (χ1n) is 13.3. The van der Waals surface area contributed by atoms with Crippen LogP contribution in [0.15, 0.2) is 0 Å². The average Bonchev–Trinajstić information content (AvgIpc) is 3.39. The lowest BCUT2D eigenvalue weighted by Crippen LogP contribution is -2.59. The Labute approximate surface area is 220 Å². The van der Waals surface area contributed by atoms with Crippen LogP contribution in [-0.4, -0.2) is 64.9 Å². The lowest BCUT2D eigenvalue weighted by molar-refractivity contribution is -0.176. The molecule has 4 rings (SSSR count). The van der Waals surface area contributed by atoms with Gasteiger partial charge in [-0.1, -0.05) is 27.2 Å². The molecule has 2 spiro atoms. The standard InChI is InChI=1S/C26H36F3N5O4/c1-23(2,3)18(32-22(38)26(27,28)29)21(37)34-14-24(6-4-7-24)12-17(34)20(36)31-16(13-30)11-15-5-8-25(9-10-25)33-19(15)35/h15-18H,4-12,14H2,1-3H3,(H,31,36)(H,32,38)(H,33,35). The molecule has 2 aliphatic carbocycles. The lowest BCUT2D eigenvalue weighted by atomic mass is 9.67. The number of hydrogen-bond acceptors (Lipinski definition) is 5. The normalized spacial score (nSPS) is 27.1. The minimum atomic E-state index is -5.16. The summed E-state index contributed by atoms with van der Waals surface area (Å²) in [4.78, 5) is 52.6. The van der Waals surface area contributed by atoms with E-state index in [2.05, 4.69) is 10.6 Å². The molecule has 9 nitrogen and oxygen atoms in total. The molecule has 2 saturated heterocycles. The number of nitrogens with one attached hydrogen (secondary N) is 3. The zero-order valence-corrected chi connectivity index (χ0v) is 22.0. The summed E-state index contributed by atoms with van der Waals surface area (Å²) < 4.78 is 39.1. The number of hydrogen-bond donors (Lipinski definition) is 3. The number of nitriles is 1. The van der Waals surface area contributed by atoms with Crippen LogP contribution in [-0.2, 0) is 19.2 Å². The maximum atomic E-state index is 13.6. The van der Waals surface area contributed by atoms with E-state index < -0.39 is 53.4 Å². The quantitative estimate of drug-likeness (QED) is 0.477. The van der Waals surface area contributed by atoms with Crippen LogP contribution in [0.1, 0.15) is 78.6 Å². The first-order valence-corrected chi connectivity index (χ1v) is 13.3. The number of carbonyl (C=O) groups excluding carboxylic acids is 4. The largest absolute Gasteiger partial charge is 0.471 e. The molecule has 12 heteroatoms. The summed E-state index contributed by atoms with van der Waals surface area (Å²) in [5.74, 6) is -4.07. The molecule has 3 N–H and O–H groups in total. The monoisotopic (exact) mass is 539 g/mol. The van der Waals surface area contributed by atoms with Gasteiger partial charge >= 0.3 is 12.1 Å². The number of likely N-dealkylation sites (tertiary alicyclic amines) is 1. The third-order valence-electron chi connectivity index (χ3n) is 8.73. The number of carbonyl (C=O) groups is 4. The van der Waals surface area contributed by atoms with Crippen LogP contribution in [0.3, 0.4) is 0 Å². The van der Waals surface area contributed by atoms with E-state index in [0.717, 1.165) is 38.5 Å². The highest BCUT2D eigenvalue weighted by Gasteiger charge is 2.54. The Morgan fingerprint density at radius 3 is 2.26 bits per heavy atom. The summed E-state index contributed by atoms with van der Waals surface area (Å²) in [6.07, 6.45) is 1.16. The summed E-state index contributed by atoms with van der Waals surface area (Å²) in [6, 6.07) is -1.40. The molecule has 4 atom stereocenters. The van der Waals surface area contributed by atoms with Gasteiger partial charge in [-0.05, 0) is 62.2 Å². The van der Waals surface area contributed by atoms with Gasteiger partial charge in [0, 0.05) is 18.0 Å². The molecular weight excluding hydrogens is 503 g/mol.